The molecule has 2 heterocycles. The van der Waals surface area contributed by atoms with E-state index in [1.807, 2.05) is 0 Å². The molecule has 0 unspecified atom stereocenters. The zero-order chi connectivity index (χ0) is 8.77. The van der Waals surface area contributed by atoms with Gasteiger partial charge in [0, 0.05) is 40.8 Å². The van der Waals surface area contributed by atoms with E-state index < -0.39 is 9.84 Å². The minimum atomic E-state index is -3.39. The first-order valence-electron chi connectivity index (χ1n) is 2.94. The average Bonchev–Trinajstić information content (AvgIpc) is 2.28. The van der Waals surface area contributed by atoms with Gasteiger partial charge in [0.25, 0.3) is 0 Å². The second kappa shape index (κ2) is 3.80. The van der Waals surface area contributed by atoms with Crippen LogP contribution in [0.1, 0.15) is 5.69 Å². The van der Waals surface area contributed by atoms with E-state index in [1.165, 1.54) is 0 Å². The number of rotatable bonds is 0. The summed E-state index contributed by atoms with van der Waals surface area (Å²) in [7, 11) is -3.39. The monoisotopic (exact) mass is 432 g/mol. The fourth-order valence-electron chi connectivity index (χ4n) is 0.802. The molecule has 1 aromatic rings. The minimum absolute atomic E-state index is 0. The van der Waals surface area contributed by atoms with Crippen LogP contribution < -0.4 is 4.69 Å². The van der Waals surface area contributed by atoms with Gasteiger partial charge in [-0.25, -0.2) is 14.5 Å². The average molecular weight is 432 g/mol. The summed E-state index contributed by atoms with van der Waals surface area (Å²) in [6.45, 7) is 0. The Bertz CT molecular complexity index is 473. The van der Waals surface area contributed by atoms with Crippen LogP contribution in [0.2, 0.25) is 0 Å². The number of aromatic nitrogens is 3. The Morgan fingerprint density at radius 2 is 2.08 bits per heavy atom. The molecule has 2 radical (unpaired) electrons. The predicted molar refractivity (Wildman–Crippen MR) is 39.3 cm³/mol. The fourth-order valence-corrected chi connectivity index (χ4v) is 2.05. The molecule has 0 saturated carbocycles. The van der Waals surface area contributed by atoms with Gasteiger partial charge in [-0.2, -0.15) is 10.2 Å². The van der Waals surface area contributed by atoms with Crippen LogP contribution in [0, 0.1) is 37.2 Å². The van der Waals surface area contributed by atoms with Crippen molar-refractivity contribution in [1.29, 1.82) is 0 Å². The third kappa shape index (κ3) is 2.03. The second-order valence-electron chi connectivity index (χ2n) is 2.13. The van der Waals surface area contributed by atoms with Gasteiger partial charge in [-0.1, -0.05) is 5.41 Å². The van der Waals surface area contributed by atoms with Gasteiger partial charge < -0.3 is 4.98 Å². The number of sulfone groups is 1. The molecular weight excluding hydrogens is 431 g/mol. The van der Waals surface area contributed by atoms with Crippen molar-refractivity contribution in [3.8, 4) is 0 Å². The molecule has 1 aliphatic rings. The Morgan fingerprint density at radius 1 is 1.38 bits per heavy atom. The van der Waals surface area contributed by atoms with Crippen molar-refractivity contribution in [3.05, 3.63) is 17.2 Å². The number of hydrogen-bond donors (Lipinski definition) is 0. The Morgan fingerprint density at radius 3 is 2.77 bits per heavy atom. The molecule has 0 spiro atoms. The molecule has 5 nitrogen and oxygen atoms in total. The van der Waals surface area contributed by atoms with Gasteiger partial charge in [0.2, 0.25) is 16.3 Å². The van der Waals surface area contributed by atoms with Crippen LogP contribution in [-0.2, 0) is 9.84 Å². The van der Waals surface area contributed by atoms with Gasteiger partial charge in [-0.15, -0.1) is 0 Å². The standard InChI is InChI=1S/C5HN3O2S.Al.U/c9-11(10)2-1-4-5(11)6-3-7-8-4;;/h2H;;/q-1;;. The van der Waals surface area contributed by atoms with Gasteiger partial charge in [0.15, 0.2) is 0 Å². The van der Waals surface area contributed by atoms with Gasteiger partial charge >= 0.3 is 0 Å². The van der Waals surface area contributed by atoms with Gasteiger partial charge in [-0.3, -0.25) is 0 Å². The van der Waals surface area contributed by atoms with E-state index in [0.717, 1.165) is 5.41 Å². The number of hydrogen-bond acceptors (Lipinski definition) is 5. The molecule has 0 fully saturated rings. The summed E-state index contributed by atoms with van der Waals surface area (Å²) >= 11 is 2.18. The maximum absolute atomic E-state index is 11.1. The molecule has 0 atom stereocenters. The third-order valence-electron chi connectivity index (χ3n) is 1.29. The van der Waals surface area contributed by atoms with E-state index in [1.54, 1.807) is 0 Å². The van der Waals surface area contributed by atoms with Crippen LogP contribution in [-0.4, -0.2) is 39.9 Å². The van der Waals surface area contributed by atoms with Crippen molar-refractivity contribution < 1.29 is 39.5 Å². The first-order chi connectivity index (χ1) is 5.59. The predicted octanol–water partition coefficient (Wildman–Crippen LogP) is -1.88. The minimum Gasteiger partial charge on any atom is -0.335 e. The van der Waals surface area contributed by atoms with Gasteiger partial charge in [0.05, 0.1) is 0 Å². The molecule has 0 saturated heterocycles. The Labute approximate surface area is 107 Å². The van der Waals surface area contributed by atoms with Crippen LogP contribution >= 0.6 is 0 Å². The molecule has 8 heteroatoms. The van der Waals surface area contributed by atoms with Crippen LogP contribution in [0.5, 0.6) is 0 Å². The molecule has 0 amide bonds. The van der Waals surface area contributed by atoms with Crippen LogP contribution in [0.15, 0.2) is 10.4 Å². The SMILES string of the molecule is O=S1(=O)C=[C-]c2nn[c]([Al])nc21.[U]. The molecule has 0 bridgehead atoms. The smallest absolute Gasteiger partial charge is 0.244 e. The van der Waals surface area contributed by atoms with Crippen molar-refractivity contribution >= 4 is 30.8 Å². The van der Waals surface area contributed by atoms with Crippen LogP contribution in [0.4, 0.5) is 0 Å². The zero-order valence-electron chi connectivity index (χ0n) is 6.22. The zero-order valence-corrected chi connectivity index (χ0v) is 12.4. The fraction of sp³-hybridized carbons (Fsp3) is 0. The molecule has 13 heavy (non-hydrogen) atoms. The maximum atomic E-state index is 11.1. The first-order valence-corrected chi connectivity index (χ1v) is 5.07. The topological polar surface area (TPSA) is 72.8 Å². The van der Waals surface area contributed by atoms with E-state index in [2.05, 4.69) is 37.5 Å². The first kappa shape index (κ1) is 11.4. The Hall–Kier alpha value is 0.284. The second-order valence-corrected chi connectivity index (χ2v) is 4.36. The van der Waals surface area contributed by atoms with E-state index in [0.29, 0.717) is 0 Å². The molecular formula is C5HAlN3O2SU-. The van der Waals surface area contributed by atoms with E-state index in [-0.39, 0.29) is 46.5 Å². The van der Waals surface area contributed by atoms with Crippen LogP contribution in [0.3, 0.4) is 0 Å². The van der Waals surface area contributed by atoms with Crippen LogP contribution in [0.25, 0.3) is 0 Å². The molecule has 2 rings (SSSR count). The van der Waals surface area contributed by atoms with Crippen molar-refractivity contribution in [1.82, 2.24) is 15.2 Å². The van der Waals surface area contributed by atoms with Crippen molar-refractivity contribution in [2.75, 3.05) is 0 Å². The Balaban J connectivity index is 0.000000845. The largest absolute Gasteiger partial charge is 0.335 e. The normalized spacial score (nSPS) is 16.3. The summed E-state index contributed by atoms with van der Waals surface area (Å²) in [5, 5.41) is 8.05. The summed E-state index contributed by atoms with van der Waals surface area (Å²) in [5.74, 6) is 0. The quantitative estimate of drug-likeness (QED) is 0.355. The third-order valence-corrected chi connectivity index (χ3v) is 2.79. The summed E-state index contributed by atoms with van der Waals surface area (Å²) in [5.41, 5.74) is 0.182. The molecule has 62 valence electrons. The van der Waals surface area contributed by atoms with E-state index in [9.17, 15) is 8.42 Å². The van der Waals surface area contributed by atoms with E-state index in [4.69, 9.17) is 0 Å². The van der Waals surface area contributed by atoms with Crippen molar-refractivity contribution in [3.63, 3.8) is 0 Å². The molecule has 0 N–H and O–H groups in total. The van der Waals surface area contributed by atoms with Crippen molar-refractivity contribution in [2.45, 2.75) is 5.03 Å². The maximum Gasteiger partial charge on any atom is 0.244 e. The molecule has 0 aliphatic carbocycles. The summed E-state index contributed by atoms with van der Waals surface area (Å²) in [6.07, 6.45) is 2.46. The molecule has 0 aromatic carbocycles. The Kier molecular flexibility index (Phi) is 3.32. The summed E-state index contributed by atoms with van der Waals surface area (Å²) in [6, 6.07) is 0. The van der Waals surface area contributed by atoms with Crippen molar-refractivity contribution in [2.24, 2.45) is 0 Å². The van der Waals surface area contributed by atoms with Gasteiger partial charge in [0.1, 0.15) is 9.84 Å². The molecule has 1 aliphatic heterocycles. The van der Waals surface area contributed by atoms with Gasteiger partial charge in [-0.05, 0) is 5.69 Å². The summed E-state index contributed by atoms with van der Waals surface area (Å²) < 4.78 is 22.6. The number of fused-ring (bicyclic) bond motifs is 1. The molecule has 1 aromatic heterocycles. The van der Waals surface area contributed by atoms with E-state index >= 15 is 0 Å². The summed E-state index contributed by atoms with van der Waals surface area (Å²) in [4.78, 5) is 3.71. The number of nitrogens with zero attached hydrogens (tertiary/aromatic N) is 3.